The summed E-state index contributed by atoms with van der Waals surface area (Å²) in [6, 6.07) is 27.8. The van der Waals surface area contributed by atoms with Gasteiger partial charge in [-0.25, -0.2) is 9.97 Å². The number of carbonyl (C=O) groups excluding carboxylic acids is 1. The van der Waals surface area contributed by atoms with Gasteiger partial charge in [0.2, 0.25) is 0 Å². The summed E-state index contributed by atoms with van der Waals surface area (Å²) >= 11 is 0. The highest BCUT2D eigenvalue weighted by Crippen LogP contribution is 2.21. The molecule has 168 valence electrons. The molecule has 1 heterocycles. The Labute approximate surface area is 194 Å². The Bertz CT molecular complexity index is 1180. The van der Waals surface area contributed by atoms with Crippen LogP contribution in [0.5, 0.6) is 0 Å². The Hall–Kier alpha value is -3.77. The predicted molar refractivity (Wildman–Crippen MR) is 131 cm³/mol. The van der Waals surface area contributed by atoms with Crippen molar-refractivity contribution in [2.45, 2.75) is 25.5 Å². The van der Waals surface area contributed by atoms with Gasteiger partial charge in [-0.05, 0) is 36.1 Å². The number of carbonyl (C=O) groups is 1. The third kappa shape index (κ3) is 5.93. The van der Waals surface area contributed by atoms with Gasteiger partial charge in [-0.3, -0.25) is 4.79 Å². The van der Waals surface area contributed by atoms with Crippen LogP contribution in [0.2, 0.25) is 0 Å². The first-order valence-electron chi connectivity index (χ1n) is 11.1. The number of para-hydroxylation sites is 1. The van der Waals surface area contributed by atoms with Gasteiger partial charge in [0.15, 0.2) is 11.9 Å². The Morgan fingerprint density at radius 3 is 2.36 bits per heavy atom. The van der Waals surface area contributed by atoms with E-state index in [1.807, 2.05) is 60.7 Å². The Kier molecular flexibility index (Phi) is 7.61. The highest BCUT2D eigenvalue weighted by Gasteiger charge is 2.20. The van der Waals surface area contributed by atoms with Crippen LogP contribution in [0.3, 0.4) is 0 Å². The second-order valence-electron chi connectivity index (χ2n) is 7.77. The highest BCUT2D eigenvalue weighted by atomic mass is 16.5. The van der Waals surface area contributed by atoms with Gasteiger partial charge >= 0.3 is 0 Å². The quantitative estimate of drug-likeness (QED) is 0.350. The lowest BCUT2D eigenvalue weighted by Crippen LogP contribution is -2.30. The lowest BCUT2D eigenvalue weighted by molar-refractivity contribution is -0.131. The van der Waals surface area contributed by atoms with Crippen molar-refractivity contribution < 1.29 is 9.53 Å². The molecule has 0 spiro atoms. The zero-order valence-corrected chi connectivity index (χ0v) is 18.7. The van der Waals surface area contributed by atoms with E-state index in [0.717, 1.165) is 41.7 Å². The molecule has 0 radical (unpaired) electrons. The van der Waals surface area contributed by atoms with Crippen molar-refractivity contribution in [2.24, 2.45) is 0 Å². The Balaban J connectivity index is 1.42. The normalized spacial score (nSPS) is 11.8. The Morgan fingerprint density at radius 2 is 1.61 bits per heavy atom. The highest BCUT2D eigenvalue weighted by molar-refractivity contribution is 5.89. The largest absolute Gasteiger partial charge is 0.369 e. The van der Waals surface area contributed by atoms with Gasteiger partial charge in [0, 0.05) is 19.0 Å². The maximum Gasteiger partial charge on any atom is 0.254 e. The molecule has 6 nitrogen and oxygen atoms in total. The zero-order chi connectivity index (χ0) is 22.9. The van der Waals surface area contributed by atoms with Crippen LogP contribution >= 0.6 is 0 Å². The fourth-order valence-corrected chi connectivity index (χ4v) is 3.76. The summed E-state index contributed by atoms with van der Waals surface area (Å²) < 4.78 is 5.42. The van der Waals surface area contributed by atoms with Crippen LogP contribution < -0.4 is 10.6 Å². The van der Waals surface area contributed by atoms with E-state index in [-0.39, 0.29) is 12.5 Å². The van der Waals surface area contributed by atoms with Crippen LogP contribution in [0.1, 0.15) is 29.5 Å². The van der Waals surface area contributed by atoms with E-state index in [1.165, 1.54) is 12.7 Å². The number of nitrogens with zero attached hydrogens (tertiary/aromatic N) is 2. The Morgan fingerprint density at radius 1 is 0.909 bits per heavy atom. The molecule has 0 saturated carbocycles. The third-order valence-electron chi connectivity index (χ3n) is 5.42. The fraction of sp³-hybridized carbons (Fsp3) is 0.222. The molecule has 0 saturated heterocycles. The lowest BCUT2D eigenvalue weighted by Gasteiger charge is -2.16. The predicted octanol–water partition coefficient (Wildman–Crippen LogP) is 4.68. The van der Waals surface area contributed by atoms with Crippen molar-refractivity contribution in [3.8, 4) is 0 Å². The standard InChI is InChI=1S/C27H28N4O2/c1-33-25(21-14-6-3-7-15-21)27(32)29-19-24-30-23-17-9-8-16-22(23)26(31-24)28-18-10-13-20-11-4-2-5-12-20/h2-9,11-12,14-17,25H,10,13,18-19H2,1H3,(H,29,32)(H,28,30,31). The first-order chi connectivity index (χ1) is 16.2. The van der Waals surface area contributed by atoms with E-state index in [0.29, 0.717) is 5.82 Å². The molecule has 2 N–H and O–H groups in total. The molecule has 1 unspecified atom stereocenters. The van der Waals surface area contributed by atoms with Crippen LogP contribution in [0.4, 0.5) is 5.82 Å². The van der Waals surface area contributed by atoms with E-state index >= 15 is 0 Å². The van der Waals surface area contributed by atoms with Gasteiger partial charge in [-0.15, -0.1) is 0 Å². The van der Waals surface area contributed by atoms with Crippen LogP contribution in [-0.2, 0) is 22.5 Å². The third-order valence-corrected chi connectivity index (χ3v) is 5.42. The number of fused-ring (bicyclic) bond motifs is 1. The summed E-state index contributed by atoms with van der Waals surface area (Å²) in [6.07, 6.45) is 1.31. The average Bonchev–Trinajstić information content (AvgIpc) is 2.87. The molecule has 1 atom stereocenters. The summed E-state index contributed by atoms with van der Waals surface area (Å²) in [4.78, 5) is 22.1. The molecule has 1 amide bonds. The van der Waals surface area contributed by atoms with Crippen molar-refractivity contribution in [3.05, 3.63) is 102 Å². The molecule has 3 aromatic carbocycles. The summed E-state index contributed by atoms with van der Waals surface area (Å²) in [5.41, 5.74) is 2.97. The molecular weight excluding hydrogens is 412 g/mol. The first kappa shape index (κ1) is 22.4. The average molecular weight is 441 g/mol. The summed E-state index contributed by atoms with van der Waals surface area (Å²) in [5, 5.41) is 7.33. The molecular formula is C27H28N4O2. The molecule has 0 fully saturated rings. The minimum absolute atomic E-state index is 0.217. The van der Waals surface area contributed by atoms with Crippen LogP contribution in [0.15, 0.2) is 84.9 Å². The topological polar surface area (TPSA) is 76.1 Å². The molecule has 1 aromatic heterocycles. The second-order valence-corrected chi connectivity index (χ2v) is 7.77. The summed E-state index contributed by atoms with van der Waals surface area (Å²) in [5.74, 6) is 1.11. The number of benzene rings is 3. The first-order valence-corrected chi connectivity index (χ1v) is 11.1. The van der Waals surface area contributed by atoms with Crippen molar-refractivity contribution in [3.63, 3.8) is 0 Å². The van der Waals surface area contributed by atoms with Gasteiger partial charge in [-0.1, -0.05) is 72.8 Å². The van der Waals surface area contributed by atoms with Gasteiger partial charge < -0.3 is 15.4 Å². The van der Waals surface area contributed by atoms with E-state index in [2.05, 4.69) is 39.9 Å². The van der Waals surface area contributed by atoms with Gasteiger partial charge in [0.05, 0.1) is 12.1 Å². The zero-order valence-electron chi connectivity index (χ0n) is 18.7. The number of aromatic nitrogens is 2. The number of amides is 1. The molecule has 4 aromatic rings. The number of hydrogen-bond donors (Lipinski definition) is 2. The van der Waals surface area contributed by atoms with E-state index in [1.54, 1.807) is 0 Å². The minimum atomic E-state index is -0.678. The number of hydrogen-bond acceptors (Lipinski definition) is 5. The van der Waals surface area contributed by atoms with E-state index in [9.17, 15) is 4.79 Å². The number of anilines is 1. The number of nitrogens with one attached hydrogen (secondary N) is 2. The number of methoxy groups -OCH3 is 1. The fourth-order valence-electron chi connectivity index (χ4n) is 3.76. The van der Waals surface area contributed by atoms with E-state index < -0.39 is 6.10 Å². The number of ether oxygens (including phenoxy) is 1. The maximum atomic E-state index is 12.7. The van der Waals surface area contributed by atoms with Crippen molar-refractivity contribution >= 4 is 22.6 Å². The van der Waals surface area contributed by atoms with Crippen molar-refractivity contribution in [1.82, 2.24) is 15.3 Å². The van der Waals surface area contributed by atoms with E-state index in [4.69, 9.17) is 9.72 Å². The molecule has 6 heteroatoms. The van der Waals surface area contributed by atoms with Crippen LogP contribution in [0.25, 0.3) is 10.9 Å². The SMILES string of the molecule is COC(C(=O)NCc1nc(NCCCc2ccccc2)c2ccccc2n1)c1ccccc1. The minimum Gasteiger partial charge on any atom is -0.369 e. The van der Waals surface area contributed by atoms with Crippen molar-refractivity contribution in [1.29, 1.82) is 0 Å². The summed E-state index contributed by atoms with van der Waals surface area (Å²) in [6.45, 7) is 1.01. The molecule has 33 heavy (non-hydrogen) atoms. The molecule has 4 rings (SSSR count). The monoisotopic (exact) mass is 440 g/mol. The molecule has 0 aliphatic carbocycles. The molecule has 0 aliphatic rings. The molecule has 0 bridgehead atoms. The van der Waals surface area contributed by atoms with Crippen molar-refractivity contribution in [2.75, 3.05) is 19.0 Å². The number of rotatable bonds is 10. The maximum absolute atomic E-state index is 12.7. The number of aryl methyl sites for hydroxylation is 1. The lowest BCUT2D eigenvalue weighted by atomic mass is 10.1. The van der Waals surface area contributed by atoms with Crippen LogP contribution in [-0.4, -0.2) is 29.5 Å². The van der Waals surface area contributed by atoms with Gasteiger partial charge in [0.25, 0.3) is 5.91 Å². The van der Waals surface area contributed by atoms with Gasteiger partial charge in [-0.2, -0.15) is 0 Å². The second kappa shape index (κ2) is 11.2. The molecule has 0 aliphatic heterocycles. The van der Waals surface area contributed by atoms with Crippen LogP contribution in [0, 0.1) is 0 Å². The van der Waals surface area contributed by atoms with Gasteiger partial charge in [0.1, 0.15) is 5.82 Å². The smallest absolute Gasteiger partial charge is 0.254 e. The summed E-state index contributed by atoms with van der Waals surface area (Å²) in [7, 11) is 1.53.